The number of carbonyl (C=O) groups excluding carboxylic acids is 2. The maximum absolute atomic E-state index is 14.2. The lowest BCUT2D eigenvalue weighted by molar-refractivity contribution is 0.101. The molecule has 0 saturated heterocycles. The molecule has 0 saturated carbocycles. The van der Waals surface area contributed by atoms with Crippen LogP contribution < -0.4 is 15.2 Å². The quantitative estimate of drug-likeness (QED) is 0.287. The molecule has 0 atom stereocenters. The van der Waals surface area contributed by atoms with E-state index in [1.54, 1.807) is 0 Å². The van der Waals surface area contributed by atoms with Crippen molar-refractivity contribution in [3.05, 3.63) is 70.2 Å². The minimum atomic E-state index is -4.41. The van der Waals surface area contributed by atoms with Crippen LogP contribution in [-0.4, -0.2) is 30.0 Å². The van der Waals surface area contributed by atoms with E-state index in [1.807, 2.05) is 0 Å². The summed E-state index contributed by atoms with van der Waals surface area (Å²) in [7, 11) is -2.96. The van der Waals surface area contributed by atoms with Crippen molar-refractivity contribution in [1.82, 2.24) is 9.78 Å². The Morgan fingerprint density at radius 1 is 1.20 bits per heavy atom. The number of hydrogen-bond acceptors (Lipinski definition) is 7. The minimum Gasteiger partial charge on any atom is -0.450 e. The molecule has 4 aromatic rings. The molecule has 2 aromatic heterocycles. The fourth-order valence-corrected chi connectivity index (χ4v) is 5.03. The number of carbonyl (C=O) groups is 2. The van der Waals surface area contributed by atoms with Crippen LogP contribution in [0.2, 0.25) is 5.15 Å². The van der Waals surface area contributed by atoms with Gasteiger partial charge in [-0.2, -0.15) is 13.5 Å². The van der Waals surface area contributed by atoms with Crippen LogP contribution in [0.3, 0.4) is 0 Å². The molecule has 14 heteroatoms. The highest BCUT2D eigenvalue weighted by molar-refractivity contribution is 7.87. The number of rotatable bonds is 6. The van der Waals surface area contributed by atoms with Gasteiger partial charge in [-0.1, -0.05) is 11.6 Å². The molecular formula is C21H15ClF2N4O6S. The van der Waals surface area contributed by atoms with Gasteiger partial charge in [-0.3, -0.25) is 9.48 Å². The Bertz CT molecular complexity index is 1630. The molecule has 35 heavy (non-hydrogen) atoms. The first kappa shape index (κ1) is 24.2. The predicted octanol–water partition coefficient (Wildman–Crippen LogP) is 3.90. The van der Waals surface area contributed by atoms with Crippen LogP contribution in [0.15, 0.2) is 45.7 Å². The zero-order chi connectivity index (χ0) is 25.7. The number of anilines is 1. The number of furan rings is 1. The third-order valence-electron chi connectivity index (χ3n) is 4.85. The van der Waals surface area contributed by atoms with Gasteiger partial charge in [0.2, 0.25) is 5.78 Å². The molecule has 0 radical (unpaired) electrons. The fourth-order valence-electron chi connectivity index (χ4n) is 3.39. The molecule has 0 aliphatic heterocycles. The summed E-state index contributed by atoms with van der Waals surface area (Å²) in [5.41, 5.74) is 4.48. The van der Waals surface area contributed by atoms with Gasteiger partial charge in [0.25, 0.3) is 0 Å². The number of hydrogen-bond donors (Lipinski definition) is 2. The van der Waals surface area contributed by atoms with Crippen molar-refractivity contribution in [3.63, 3.8) is 0 Å². The molecule has 10 nitrogen and oxygen atoms in total. The number of nitrogens with two attached hydrogens (primary N) is 1. The molecule has 2 heterocycles. The highest BCUT2D eigenvalue weighted by Crippen LogP contribution is 2.36. The van der Waals surface area contributed by atoms with Crippen LogP contribution in [0, 0.1) is 18.6 Å². The minimum absolute atomic E-state index is 0.0960. The molecular weight excluding hydrogens is 510 g/mol. The lowest BCUT2D eigenvalue weighted by atomic mass is 10.1. The molecule has 0 fully saturated rings. The van der Waals surface area contributed by atoms with E-state index in [0.29, 0.717) is 6.07 Å². The van der Waals surface area contributed by atoms with Crippen LogP contribution in [-0.2, 0) is 17.2 Å². The van der Waals surface area contributed by atoms with Crippen molar-refractivity contribution in [3.8, 4) is 5.75 Å². The SMILES string of the molecule is Cc1nn(C)c(Cl)c1S(=O)(=O)Oc1ccc2c(NC(N)=O)c(C(=O)c3ccc(F)cc3F)oc2c1. The van der Waals surface area contributed by atoms with Crippen molar-refractivity contribution in [2.75, 3.05) is 5.32 Å². The third kappa shape index (κ3) is 4.42. The first-order valence-corrected chi connectivity index (χ1v) is 11.4. The summed E-state index contributed by atoms with van der Waals surface area (Å²) in [5, 5.41) is 6.14. The number of primary amides is 1. The molecule has 0 aliphatic carbocycles. The predicted molar refractivity (Wildman–Crippen MR) is 120 cm³/mol. The number of aromatic nitrogens is 2. The summed E-state index contributed by atoms with van der Waals surface area (Å²) in [6, 6.07) is 4.91. The van der Waals surface area contributed by atoms with Crippen LogP contribution in [0.1, 0.15) is 21.8 Å². The highest BCUT2D eigenvalue weighted by atomic mass is 35.5. The maximum Gasteiger partial charge on any atom is 0.344 e. The molecule has 2 aromatic carbocycles. The monoisotopic (exact) mass is 524 g/mol. The molecule has 4 rings (SSSR count). The number of benzene rings is 2. The van der Waals surface area contributed by atoms with Gasteiger partial charge < -0.3 is 19.7 Å². The Hall–Kier alpha value is -3.97. The van der Waals surface area contributed by atoms with Crippen molar-refractivity contribution < 1.29 is 35.4 Å². The summed E-state index contributed by atoms with van der Waals surface area (Å²) < 4.78 is 64.8. The Balaban J connectivity index is 1.79. The number of amides is 2. The number of nitrogens with one attached hydrogen (secondary N) is 1. The normalized spacial score (nSPS) is 11.6. The van der Waals surface area contributed by atoms with E-state index in [1.165, 1.54) is 26.1 Å². The van der Waals surface area contributed by atoms with Crippen LogP contribution in [0.5, 0.6) is 5.75 Å². The average molecular weight is 525 g/mol. The van der Waals surface area contributed by atoms with E-state index >= 15 is 0 Å². The molecule has 2 amide bonds. The standard InChI is InChI=1S/C21H15ClF2N4O6S/c1-9-19(20(22)28(2)27-9)35(31,32)34-11-4-6-13-15(8-11)33-18(16(13)26-21(25)30)17(29)12-5-3-10(23)7-14(12)24/h3-8H,1-2H3,(H3,25,26,30). The topological polar surface area (TPSA) is 147 Å². The van der Waals surface area contributed by atoms with Crippen molar-refractivity contribution in [1.29, 1.82) is 0 Å². The largest absolute Gasteiger partial charge is 0.450 e. The summed E-state index contributed by atoms with van der Waals surface area (Å²) in [4.78, 5) is 24.1. The van der Waals surface area contributed by atoms with E-state index < -0.39 is 44.9 Å². The third-order valence-corrected chi connectivity index (χ3v) is 6.79. The van der Waals surface area contributed by atoms with Gasteiger partial charge in [-0.25, -0.2) is 13.6 Å². The highest BCUT2D eigenvalue weighted by Gasteiger charge is 2.29. The molecule has 182 valence electrons. The average Bonchev–Trinajstić information content (AvgIpc) is 3.22. The van der Waals surface area contributed by atoms with Gasteiger partial charge in [-0.05, 0) is 31.2 Å². The number of nitrogens with zero attached hydrogens (tertiary/aromatic N) is 2. The smallest absolute Gasteiger partial charge is 0.344 e. The Kier molecular flexibility index (Phi) is 5.99. The molecule has 0 bridgehead atoms. The number of halogens is 3. The van der Waals surface area contributed by atoms with E-state index in [0.717, 1.165) is 22.9 Å². The van der Waals surface area contributed by atoms with Crippen LogP contribution >= 0.6 is 11.6 Å². The first-order chi connectivity index (χ1) is 16.4. The van der Waals surface area contributed by atoms with Crippen molar-refractivity contribution in [2.24, 2.45) is 12.8 Å². The molecule has 0 spiro atoms. The zero-order valence-corrected chi connectivity index (χ0v) is 19.5. The molecule has 0 unspecified atom stereocenters. The van der Waals surface area contributed by atoms with Gasteiger partial charge in [0.1, 0.15) is 33.8 Å². The first-order valence-electron chi connectivity index (χ1n) is 9.65. The van der Waals surface area contributed by atoms with E-state index in [4.69, 9.17) is 25.9 Å². The second-order valence-electron chi connectivity index (χ2n) is 7.27. The maximum atomic E-state index is 14.2. The number of fused-ring (bicyclic) bond motifs is 1. The van der Waals surface area contributed by atoms with Crippen molar-refractivity contribution in [2.45, 2.75) is 11.8 Å². The molecule has 3 N–H and O–H groups in total. The zero-order valence-electron chi connectivity index (χ0n) is 17.9. The van der Waals surface area contributed by atoms with Gasteiger partial charge in [0.05, 0.1) is 11.3 Å². The summed E-state index contributed by atoms with van der Waals surface area (Å²) in [5.74, 6) is -3.81. The Morgan fingerprint density at radius 3 is 2.51 bits per heavy atom. The van der Waals surface area contributed by atoms with Crippen LogP contribution in [0.25, 0.3) is 11.0 Å². The lowest BCUT2D eigenvalue weighted by Gasteiger charge is -2.07. The number of urea groups is 1. The summed E-state index contributed by atoms with van der Waals surface area (Å²) in [6.07, 6.45) is 0. The Morgan fingerprint density at radius 2 is 1.91 bits per heavy atom. The Labute approximate surface area is 201 Å². The second-order valence-corrected chi connectivity index (χ2v) is 9.11. The molecule has 0 aliphatic rings. The van der Waals surface area contributed by atoms with Crippen LogP contribution in [0.4, 0.5) is 19.3 Å². The van der Waals surface area contributed by atoms with Gasteiger partial charge in [0.15, 0.2) is 10.7 Å². The lowest BCUT2D eigenvalue weighted by Crippen LogP contribution is -2.20. The van der Waals surface area contributed by atoms with Gasteiger partial charge in [0, 0.05) is 24.6 Å². The van der Waals surface area contributed by atoms with Gasteiger partial charge in [-0.15, -0.1) is 0 Å². The number of ketones is 1. The number of aryl methyl sites for hydroxylation is 2. The van der Waals surface area contributed by atoms with Crippen molar-refractivity contribution >= 4 is 50.2 Å². The fraction of sp³-hybridized carbons (Fsp3) is 0.0952. The van der Waals surface area contributed by atoms with Gasteiger partial charge >= 0.3 is 16.1 Å². The second kappa shape index (κ2) is 8.67. The summed E-state index contributed by atoms with van der Waals surface area (Å²) >= 11 is 6.03. The van der Waals surface area contributed by atoms with E-state index in [-0.39, 0.29) is 38.1 Å². The van der Waals surface area contributed by atoms with E-state index in [9.17, 15) is 26.8 Å². The summed E-state index contributed by atoms with van der Waals surface area (Å²) in [6.45, 7) is 1.44. The van der Waals surface area contributed by atoms with E-state index in [2.05, 4.69) is 10.4 Å².